The highest BCUT2D eigenvalue weighted by molar-refractivity contribution is 7.99. The number of fused-ring (bicyclic) bond motifs is 1. The Morgan fingerprint density at radius 1 is 1.15 bits per heavy atom. The number of carbonyl (C=O) groups excluding carboxylic acids is 1. The number of ether oxygens (including phenoxy) is 2. The van der Waals surface area contributed by atoms with E-state index in [1.807, 2.05) is 0 Å². The van der Waals surface area contributed by atoms with E-state index >= 15 is 0 Å². The number of nitrogens with one attached hydrogen (secondary N) is 1. The predicted molar refractivity (Wildman–Crippen MR) is 99.0 cm³/mol. The zero-order valence-electron chi connectivity index (χ0n) is 13.8. The number of thiazole rings is 1. The van der Waals surface area contributed by atoms with Gasteiger partial charge in [0.2, 0.25) is 0 Å². The van der Waals surface area contributed by atoms with Crippen molar-refractivity contribution >= 4 is 44.4 Å². The Balaban J connectivity index is 1.80. The summed E-state index contributed by atoms with van der Waals surface area (Å²) in [5.41, 5.74) is 1.02. The van der Waals surface area contributed by atoms with Crippen LogP contribution in [-0.2, 0) is 0 Å². The average molecular weight is 396 g/mol. The van der Waals surface area contributed by atoms with Gasteiger partial charge in [-0.15, -0.1) is 0 Å². The van der Waals surface area contributed by atoms with Gasteiger partial charge in [-0.25, -0.2) is 4.98 Å². The van der Waals surface area contributed by atoms with Crippen LogP contribution in [0.4, 0.5) is 13.9 Å². The van der Waals surface area contributed by atoms with Gasteiger partial charge in [0.05, 0.1) is 24.4 Å². The third-order valence-electron chi connectivity index (χ3n) is 3.45. The first-order valence-electron chi connectivity index (χ1n) is 7.39. The first-order valence-corrected chi connectivity index (χ1v) is 9.08. The van der Waals surface area contributed by atoms with Gasteiger partial charge in [0, 0.05) is 10.5 Å². The molecule has 0 radical (unpaired) electrons. The summed E-state index contributed by atoms with van der Waals surface area (Å²) in [7, 11) is 3.00. The number of anilines is 1. The lowest BCUT2D eigenvalue weighted by molar-refractivity contribution is 0.102. The second kappa shape index (κ2) is 7.88. The quantitative estimate of drug-likeness (QED) is 0.602. The molecule has 9 heteroatoms. The Morgan fingerprint density at radius 2 is 1.92 bits per heavy atom. The van der Waals surface area contributed by atoms with Crippen LogP contribution in [0.2, 0.25) is 0 Å². The molecule has 26 heavy (non-hydrogen) atoms. The van der Waals surface area contributed by atoms with Crippen LogP contribution in [-0.4, -0.2) is 30.9 Å². The summed E-state index contributed by atoms with van der Waals surface area (Å²) in [5, 5.41) is 3.10. The molecule has 1 aromatic heterocycles. The van der Waals surface area contributed by atoms with E-state index in [2.05, 4.69) is 10.3 Å². The molecule has 3 aromatic rings. The van der Waals surface area contributed by atoms with Crippen molar-refractivity contribution in [2.45, 2.75) is 10.7 Å². The Hall–Kier alpha value is -2.39. The number of benzene rings is 2. The SMILES string of the molecule is COc1ccc(C(=O)Nc2nc3ccc(SC(F)F)cc3s2)cc1OC. The maximum absolute atomic E-state index is 12.5. The van der Waals surface area contributed by atoms with E-state index < -0.39 is 5.76 Å². The van der Waals surface area contributed by atoms with Crippen LogP contribution in [0.15, 0.2) is 41.3 Å². The molecule has 0 aliphatic carbocycles. The van der Waals surface area contributed by atoms with Gasteiger partial charge in [-0.2, -0.15) is 8.78 Å². The number of alkyl halides is 2. The van der Waals surface area contributed by atoms with Crippen molar-refractivity contribution in [3.05, 3.63) is 42.0 Å². The second-order valence-electron chi connectivity index (χ2n) is 5.05. The van der Waals surface area contributed by atoms with Crippen molar-refractivity contribution in [3.63, 3.8) is 0 Å². The number of aromatic nitrogens is 1. The van der Waals surface area contributed by atoms with Crippen molar-refractivity contribution in [1.82, 2.24) is 4.98 Å². The van der Waals surface area contributed by atoms with Gasteiger partial charge in [-0.1, -0.05) is 23.1 Å². The van der Waals surface area contributed by atoms with Gasteiger partial charge in [-0.3, -0.25) is 10.1 Å². The molecular weight excluding hydrogens is 382 g/mol. The lowest BCUT2D eigenvalue weighted by Crippen LogP contribution is -2.11. The van der Waals surface area contributed by atoms with Crippen LogP contribution in [0.5, 0.6) is 11.5 Å². The molecule has 136 valence electrons. The molecule has 0 atom stereocenters. The fraction of sp³-hybridized carbons (Fsp3) is 0.176. The predicted octanol–water partition coefficient (Wildman–Crippen LogP) is 4.88. The molecule has 1 amide bonds. The van der Waals surface area contributed by atoms with E-state index in [0.717, 1.165) is 4.70 Å². The van der Waals surface area contributed by atoms with Gasteiger partial charge in [0.25, 0.3) is 11.7 Å². The number of carbonyl (C=O) groups is 1. The number of thioether (sulfide) groups is 1. The van der Waals surface area contributed by atoms with Gasteiger partial charge >= 0.3 is 0 Å². The van der Waals surface area contributed by atoms with Crippen LogP contribution in [0, 0.1) is 0 Å². The largest absolute Gasteiger partial charge is 0.493 e. The molecule has 0 saturated carbocycles. The number of nitrogens with zero attached hydrogens (tertiary/aromatic N) is 1. The molecule has 0 aliphatic rings. The van der Waals surface area contributed by atoms with Crippen molar-refractivity contribution in [2.75, 3.05) is 19.5 Å². The van der Waals surface area contributed by atoms with E-state index in [1.54, 1.807) is 36.4 Å². The molecule has 5 nitrogen and oxygen atoms in total. The van der Waals surface area contributed by atoms with Crippen LogP contribution < -0.4 is 14.8 Å². The zero-order valence-corrected chi connectivity index (χ0v) is 15.4. The standard InChI is InChI=1S/C17H14F2N2O3S2/c1-23-12-6-3-9(7-13(12)24-2)15(22)21-17-20-11-5-4-10(25-16(18)19)8-14(11)26-17/h3-8,16H,1-2H3,(H,20,21,22). The van der Waals surface area contributed by atoms with E-state index in [9.17, 15) is 13.6 Å². The van der Waals surface area contributed by atoms with E-state index in [1.165, 1.54) is 25.6 Å². The number of hydrogen-bond donors (Lipinski definition) is 1. The number of hydrogen-bond acceptors (Lipinski definition) is 6. The second-order valence-corrected chi connectivity index (χ2v) is 7.15. The summed E-state index contributed by atoms with van der Waals surface area (Å²) in [6.45, 7) is 0. The molecule has 1 heterocycles. The van der Waals surface area contributed by atoms with Gasteiger partial charge in [-0.05, 0) is 36.4 Å². The Morgan fingerprint density at radius 3 is 2.62 bits per heavy atom. The highest BCUT2D eigenvalue weighted by Crippen LogP contribution is 2.33. The monoisotopic (exact) mass is 396 g/mol. The lowest BCUT2D eigenvalue weighted by atomic mass is 10.2. The Kier molecular flexibility index (Phi) is 5.58. The summed E-state index contributed by atoms with van der Waals surface area (Å²) in [5.74, 6) is -1.87. The maximum atomic E-state index is 12.5. The van der Waals surface area contributed by atoms with Gasteiger partial charge < -0.3 is 9.47 Å². The number of methoxy groups -OCH3 is 2. The Bertz CT molecular complexity index is 947. The van der Waals surface area contributed by atoms with E-state index in [-0.39, 0.29) is 5.91 Å². The van der Waals surface area contributed by atoms with Crippen LogP contribution >= 0.6 is 23.1 Å². The van der Waals surface area contributed by atoms with Crippen LogP contribution in [0.1, 0.15) is 10.4 Å². The minimum atomic E-state index is -2.48. The minimum absolute atomic E-state index is 0.354. The van der Waals surface area contributed by atoms with Gasteiger partial charge in [0.15, 0.2) is 16.6 Å². The molecule has 2 aromatic carbocycles. The highest BCUT2D eigenvalue weighted by Gasteiger charge is 2.14. The average Bonchev–Trinajstić information content (AvgIpc) is 3.01. The molecule has 0 saturated heterocycles. The summed E-state index contributed by atoms with van der Waals surface area (Å²) < 4.78 is 36.0. The topological polar surface area (TPSA) is 60.5 Å². The first-order chi connectivity index (χ1) is 12.5. The van der Waals surface area contributed by atoms with Crippen molar-refractivity contribution in [2.24, 2.45) is 0 Å². The van der Waals surface area contributed by atoms with Crippen LogP contribution in [0.3, 0.4) is 0 Å². The summed E-state index contributed by atoms with van der Waals surface area (Å²) in [4.78, 5) is 17.2. The zero-order chi connectivity index (χ0) is 18.7. The van der Waals surface area contributed by atoms with Crippen molar-refractivity contribution in [3.8, 4) is 11.5 Å². The maximum Gasteiger partial charge on any atom is 0.288 e. The molecule has 0 unspecified atom stereocenters. The summed E-state index contributed by atoms with van der Waals surface area (Å²) in [6.07, 6.45) is 0. The molecule has 0 spiro atoms. The third-order valence-corrected chi connectivity index (χ3v) is 5.09. The first kappa shape index (κ1) is 18.4. The smallest absolute Gasteiger partial charge is 0.288 e. The molecule has 0 aliphatic heterocycles. The number of rotatable bonds is 6. The van der Waals surface area contributed by atoms with E-state index in [0.29, 0.717) is 44.4 Å². The molecule has 3 rings (SSSR count). The minimum Gasteiger partial charge on any atom is -0.493 e. The summed E-state index contributed by atoms with van der Waals surface area (Å²) >= 11 is 1.70. The van der Waals surface area contributed by atoms with Crippen LogP contribution in [0.25, 0.3) is 10.2 Å². The van der Waals surface area contributed by atoms with Gasteiger partial charge in [0.1, 0.15) is 0 Å². The fourth-order valence-corrected chi connectivity index (χ4v) is 3.79. The number of amides is 1. The third kappa shape index (κ3) is 4.05. The van der Waals surface area contributed by atoms with Crippen molar-refractivity contribution in [1.29, 1.82) is 0 Å². The van der Waals surface area contributed by atoms with E-state index in [4.69, 9.17) is 9.47 Å². The normalized spacial score (nSPS) is 11.0. The molecule has 0 bridgehead atoms. The molecular formula is C17H14F2N2O3S2. The summed E-state index contributed by atoms with van der Waals surface area (Å²) in [6, 6.07) is 9.69. The van der Waals surface area contributed by atoms with Crippen molar-refractivity contribution < 1.29 is 23.0 Å². The highest BCUT2D eigenvalue weighted by atomic mass is 32.2. The Labute approximate surface area is 156 Å². The molecule has 0 fully saturated rings. The molecule has 1 N–H and O–H groups in total. The fourth-order valence-electron chi connectivity index (χ4n) is 2.28. The number of halogens is 2. The lowest BCUT2D eigenvalue weighted by Gasteiger charge is -2.09.